The van der Waals surface area contributed by atoms with Crippen molar-refractivity contribution in [1.82, 2.24) is 24.5 Å². The third-order valence-electron chi connectivity index (χ3n) is 5.42. The summed E-state index contributed by atoms with van der Waals surface area (Å²) in [5.74, 6) is 1.66. The summed E-state index contributed by atoms with van der Waals surface area (Å²) in [6.07, 6.45) is 3.08. The number of carbonyl (C=O) groups is 1. The van der Waals surface area contributed by atoms with Crippen LogP contribution in [0.1, 0.15) is 12.8 Å². The van der Waals surface area contributed by atoms with Gasteiger partial charge in [0.05, 0.1) is 5.69 Å². The molecule has 2 saturated heterocycles. The molecule has 8 heteroatoms. The van der Waals surface area contributed by atoms with Gasteiger partial charge in [-0.3, -0.25) is 4.79 Å². The van der Waals surface area contributed by atoms with Crippen molar-refractivity contribution < 1.29 is 9.53 Å². The van der Waals surface area contributed by atoms with Crippen molar-refractivity contribution in [3.63, 3.8) is 0 Å². The molecule has 2 aliphatic rings. The van der Waals surface area contributed by atoms with E-state index in [1.165, 1.54) is 6.33 Å². The van der Waals surface area contributed by atoms with Gasteiger partial charge in [0.15, 0.2) is 0 Å². The van der Waals surface area contributed by atoms with Crippen LogP contribution >= 0.6 is 0 Å². The van der Waals surface area contributed by atoms with E-state index in [0.29, 0.717) is 25.5 Å². The Hall–Kier alpha value is -3.00. The highest BCUT2D eigenvalue weighted by atomic mass is 16.5. The zero-order valence-electron chi connectivity index (χ0n) is 15.6. The molecule has 0 spiro atoms. The van der Waals surface area contributed by atoms with Gasteiger partial charge in [-0.15, -0.1) is 0 Å². The Morgan fingerprint density at radius 1 is 1.11 bits per heavy atom. The molecule has 0 aliphatic carbocycles. The Morgan fingerprint density at radius 3 is 2.68 bits per heavy atom. The third kappa shape index (κ3) is 3.09. The number of benzene rings is 1. The molecule has 5 rings (SSSR count). The number of nitrogens with zero attached hydrogens (tertiary/aromatic N) is 6. The lowest BCUT2D eigenvalue weighted by Crippen LogP contribution is -2.51. The first-order valence-corrected chi connectivity index (χ1v) is 9.71. The maximum atomic E-state index is 12.6. The number of anilines is 1. The molecule has 2 aliphatic heterocycles. The van der Waals surface area contributed by atoms with E-state index in [2.05, 4.69) is 26.0 Å². The van der Waals surface area contributed by atoms with E-state index in [9.17, 15) is 4.79 Å². The summed E-state index contributed by atoms with van der Waals surface area (Å²) >= 11 is 0. The normalized spacial score (nSPS) is 20.1. The molecular formula is C20H22N6O2. The third-order valence-corrected chi connectivity index (χ3v) is 5.42. The first-order valence-electron chi connectivity index (χ1n) is 9.71. The molecule has 2 aromatic heterocycles. The lowest BCUT2D eigenvalue weighted by Gasteiger charge is -2.36. The number of ether oxygens (including phenoxy) is 1. The van der Waals surface area contributed by atoms with E-state index in [1.807, 2.05) is 35.2 Å². The van der Waals surface area contributed by atoms with Crippen LogP contribution in [0.5, 0.6) is 0 Å². The van der Waals surface area contributed by atoms with Crippen molar-refractivity contribution in [3.8, 4) is 11.3 Å². The van der Waals surface area contributed by atoms with Gasteiger partial charge in [-0.05, 0) is 12.8 Å². The highest BCUT2D eigenvalue weighted by Crippen LogP contribution is 2.25. The van der Waals surface area contributed by atoms with Crippen molar-refractivity contribution in [2.45, 2.75) is 18.9 Å². The Labute approximate surface area is 162 Å². The molecule has 0 N–H and O–H groups in total. The fraction of sp³-hybridized carbons (Fsp3) is 0.400. The van der Waals surface area contributed by atoms with Crippen LogP contribution in [-0.4, -0.2) is 69.3 Å². The molecule has 1 unspecified atom stereocenters. The van der Waals surface area contributed by atoms with Gasteiger partial charge < -0.3 is 14.5 Å². The molecule has 0 radical (unpaired) electrons. The second-order valence-electron chi connectivity index (χ2n) is 7.15. The van der Waals surface area contributed by atoms with Crippen LogP contribution in [0.3, 0.4) is 0 Å². The average molecular weight is 378 g/mol. The zero-order valence-corrected chi connectivity index (χ0v) is 15.6. The highest BCUT2D eigenvalue weighted by Gasteiger charge is 2.31. The molecule has 144 valence electrons. The van der Waals surface area contributed by atoms with Crippen LogP contribution in [0.2, 0.25) is 0 Å². The summed E-state index contributed by atoms with van der Waals surface area (Å²) in [5, 5.41) is 4.35. The van der Waals surface area contributed by atoms with Gasteiger partial charge in [0, 0.05) is 44.4 Å². The Bertz CT molecular complexity index is 975. The van der Waals surface area contributed by atoms with Crippen molar-refractivity contribution in [2.24, 2.45) is 0 Å². The lowest BCUT2D eigenvalue weighted by atomic mass is 10.1. The molecular weight excluding hydrogens is 356 g/mol. The molecule has 4 heterocycles. The molecule has 2 fully saturated rings. The summed E-state index contributed by atoms with van der Waals surface area (Å²) in [5.41, 5.74) is 1.91. The van der Waals surface area contributed by atoms with Gasteiger partial charge in [-0.2, -0.15) is 14.6 Å². The SMILES string of the molecule is O=C(C1CCCO1)N1CCN(c2cc(-c3ccccc3)nc3ncnn23)CC1. The second-order valence-corrected chi connectivity index (χ2v) is 7.15. The molecule has 8 nitrogen and oxygen atoms in total. The molecule has 1 atom stereocenters. The van der Waals surface area contributed by atoms with Crippen LogP contribution in [0.15, 0.2) is 42.7 Å². The number of hydrogen-bond acceptors (Lipinski definition) is 6. The minimum Gasteiger partial charge on any atom is -0.368 e. The molecule has 28 heavy (non-hydrogen) atoms. The van der Waals surface area contributed by atoms with Gasteiger partial charge in [0.2, 0.25) is 0 Å². The van der Waals surface area contributed by atoms with Gasteiger partial charge in [0.25, 0.3) is 11.7 Å². The first kappa shape index (κ1) is 17.1. The molecule has 0 saturated carbocycles. The number of aromatic nitrogens is 4. The number of hydrogen-bond donors (Lipinski definition) is 0. The van der Waals surface area contributed by atoms with Crippen LogP contribution in [0.4, 0.5) is 5.82 Å². The smallest absolute Gasteiger partial charge is 0.254 e. The number of rotatable bonds is 3. The standard InChI is InChI=1S/C20H22N6O2/c27-19(17-7-4-12-28-17)25-10-8-24(9-11-25)18-13-16(15-5-2-1-3-6-15)23-20-21-14-22-26(18)20/h1-3,5-6,13-14,17H,4,7-12H2. The van der Waals surface area contributed by atoms with E-state index < -0.39 is 0 Å². The van der Waals surface area contributed by atoms with E-state index in [1.54, 1.807) is 4.52 Å². The van der Waals surface area contributed by atoms with E-state index in [4.69, 9.17) is 4.74 Å². The molecule has 0 bridgehead atoms. The fourth-order valence-corrected chi connectivity index (χ4v) is 3.91. The summed E-state index contributed by atoms with van der Waals surface area (Å²) in [7, 11) is 0. The van der Waals surface area contributed by atoms with Crippen LogP contribution in [0.25, 0.3) is 17.0 Å². The summed E-state index contributed by atoms with van der Waals surface area (Å²) in [6.45, 7) is 3.53. The lowest BCUT2D eigenvalue weighted by molar-refractivity contribution is -0.141. The second kappa shape index (κ2) is 7.20. The number of piperazine rings is 1. The van der Waals surface area contributed by atoms with E-state index in [0.717, 1.165) is 43.0 Å². The van der Waals surface area contributed by atoms with Crippen LogP contribution in [0, 0.1) is 0 Å². The molecule has 1 aromatic carbocycles. The van der Waals surface area contributed by atoms with Crippen LogP contribution in [-0.2, 0) is 9.53 Å². The summed E-state index contributed by atoms with van der Waals surface area (Å²) < 4.78 is 7.32. The summed E-state index contributed by atoms with van der Waals surface area (Å²) in [4.78, 5) is 25.7. The maximum absolute atomic E-state index is 12.6. The fourth-order valence-electron chi connectivity index (χ4n) is 3.91. The van der Waals surface area contributed by atoms with Gasteiger partial charge >= 0.3 is 0 Å². The highest BCUT2D eigenvalue weighted by molar-refractivity contribution is 5.81. The van der Waals surface area contributed by atoms with Gasteiger partial charge in [-0.1, -0.05) is 30.3 Å². The zero-order chi connectivity index (χ0) is 18.9. The number of amides is 1. The topological polar surface area (TPSA) is 75.9 Å². The summed E-state index contributed by atoms with van der Waals surface area (Å²) in [6, 6.07) is 12.1. The van der Waals surface area contributed by atoms with Crippen molar-refractivity contribution in [3.05, 3.63) is 42.7 Å². The largest absolute Gasteiger partial charge is 0.368 e. The minimum absolute atomic E-state index is 0.128. The van der Waals surface area contributed by atoms with Crippen molar-refractivity contribution in [1.29, 1.82) is 0 Å². The van der Waals surface area contributed by atoms with Crippen molar-refractivity contribution in [2.75, 3.05) is 37.7 Å². The van der Waals surface area contributed by atoms with Crippen molar-refractivity contribution >= 4 is 17.5 Å². The first-order chi connectivity index (χ1) is 13.8. The average Bonchev–Trinajstić information content (AvgIpc) is 3.45. The Morgan fingerprint density at radius 2 is 1.93 bits per heavy atom. The predicted octanol–water partition coefficient (Wildman–Crippen LogP) is 1.62. The Kier molecular flexibility index (Phi) is 4.40. The number of fused-ring (bicyclic) bond motifs is 1. The quantitative estimate of drug-likeness (QED) is 0.689. The minimum atomic E-state index is -0.251. The van der Waals surface area contributed by atoms with E-state index in [-0.39, 0.29) is 12.0 Å². The molecule has 1 amide bonds. The van der Waals surface area contributed by atoms with Gasteiger partial charge in [0.1, 0.15) is 18.2 Å². The molecule has 3 aromatic rings. The van der Waals surface area contributed by atoms with Crippen LogP contribution < -0.4 is 4.90 Å². The number of carbonyl (C=O) groups excluding carboxylic acids is 1. The Balaban J connectivity index is 1.39. The van der Waals surface area contributed by atoms with Gasteiger partial charge in [-0.25, -0.2) is 4.98 Å². The predicted molar refractivity (Wildman–Crippen MR) is 104 cm³/mol. The monoisotopic (exact) mass is 378 g/mol. The maximum Gasteiger partial charge on any atom is 0.254 e. The van der Waals surface area contributed by atoms with E-state index >= 15 is 0 Å².